The van der Waals surface area contributed by atoms with Gasteiger partial charge in [-0.2, -0.15) is 0 Å². The topological polar surface area (TPSA) is 80.2 Å². The second-order valence-corrected chi connectivity index (χ2v) is 8.64. The highest BCUT2D eigenvalue weighted by atomic mass is 16.5. The van der Waals surface area contributed by atoms with Gasteiger partial charge in [-0.15, -0.1) is 0 Å². The first kappa shape index (κ1) is 22.4. The maximum atomic E-state index is 12.7. The van der Waals surface area contributed by atoms with Gasteiger partial charge >= 0.3 is 0 Å². The number of amides is 1. The van der Waals surface area contributed by atoms with Crippen LogP contribution in [-0.4, -0.2) is 27.5 Å². The lowest BCUT2D eigenvalue weighted by molar-refractivity contribution is -0.121. The lowest BCUT2D eigenvalue weighted by Gasteiger charge is -2.30. The molecule has 1 aliphatic heterocycles. The van der Waals surface area contributed by atoms with Gasteiger partial charge in [0.25, 0.3) is 5.91 Å². The van der Waals surface area contributed by atoms with Gasteiger partial charge < -0.3 is 15.0 Å². The second kappa shape index (κ2) is 9.91. The number of rotatable bonds is 6. The van der Waals surface area contributed by atoms with Gasteiger partial charge in [-0.3, -0.25) is 9.78 Å². The van der Waals surface area contributed by atoms with Crippen LogP contribution in [0.3, 0.4) is 0 Å². The van der Waals surface area contributed by atoms with Crippen LogP contribution in [0.5, 0.6) is 5.75 Å². The Kier molecular flexibility index (Phi) is 6.01. The van der Waals surface area contributed by atoms with Crippen molar-refractivity contribution >= 4 is 23.2 Å². The van der Waals surface area contributed by atoms with Crippen molar-refractivity contribution in [1.82, 2.24) is 15.0 Å². The zero-order valence-electron chi connectivity index (χ0n) is 19.9. The molecule has 0 saturated heterocycles. The van der Waals surface area contributed by atoms with Crippen molar-refractivity contribution in [3.63, 3.8) is 0 Å². The van der Waals surface area contributed by atoms with Crippen LogP contribution in [0.4, 0.5) is 17.3 Å². The SMILES string of the molecule is O=C1COc2ccc(-c3ccnc(Nc4cccc(-c5ccccc5)c4)n3)cc2N1Cc1ccncc1. The summed E-state index contributed by atoms with van der Waals surface area (Å²) in [6.07, 6.45) is 5.17. The Morgan fingerprint density at radius 2 is 1.65 bits per heavy atom. The number of aromatic nitrogens is 3. The van der Waals surface area contributed by atoms with E-state index in [-0.39, 0.29) is 12.5 Å². The molecule has 1 amide bonds. The van der Waals surface area contributed by atoms with E-state index in [1.807, 2.05) is 66.7 Å². The summed E-state index contributed by atoms with van der Waals surface area (Å²) in [5.74, 6) is 1.06. The van der Waals surface area contributed by atoms with Crippen molar-refractivity contribution in [2.75, 3.05) is 16.8 Å². The van der Waals surface area contributed by atoms with E-state index in [0.29, 0.717) is 23.9 Å². The van der Waals surface area contributed by atoms with Gasteiger partial charge in [0.05, 0.1) is 17.9 Å². The number of carbonyl (C=O) groups excluding carboxylic acids is 1. The van der Waals surface area contributed by atoms with Gasteiger partial charge in [-0.05, 0) is 65.2 Å². The number of anilines is 3. The number of fused-ring (bicyclic) bond motifs is 1. The van der Waals surface area contributed by atoms with E-state index in [1.54, 1.807) is 23.5 Å². The van der Waals surface area contributed by atoms with E-state index in [1.165, 1.54) is 0 Å². The van der Waals surface area contributed by atoms with Crippen LogP contribution in [0.1, 0.15) is 5.56 Å². The number of pyridine rings is 1. The summed E-state index contributed by atoms with van der Waals surface area (Å²) in [5, 5.41) is 3.32. The number of nitrogens with zero attached hydrogens (tertiary/aromatic N) is 4. The molecule has 1 aliphatic rings. The van der Waals surface area contributed by atoms with Crippen molar-refractivity contribution in [1.29, 1.82) is 0 Å². The van der Waals surface area contributed by atoms with Crippen LogP contribution in [0.25, 0.3) is 22.4 Å². The fraction of sp³-hybridized carbons (Fsp3) is 0.0667. The maximum Gasteiger partial charge on any atom is 0.265 e. The Labute approximate surface area is 214 Å². The molecule has 2 aromatic heterocycles. The monoisotopic (exact) mass is 485 g/mol. The third kappa shape index (κ3) is 4.88. The Balaban J connectivity index is 1.28. The summed E-state index contributed by atoms with van der Waals surface area (Å²) in [6, 6.07) is 29.8. The smallest absolute Gasteiger partial charge is 0.265 e. The van der Waals surface area contributed by atoms with Gasteiger partial charge in [0, 0.05) is 29.8 Å². The van der Waals surface area contributed by atoms with E-state index in [0.717, 1.165) is 33.6 Å². The molecule has 0 unspecified atom stereocenters. The molecule has 180 valence electrons. The number of hydrogen-bond donors (Lipinski definition) is 1. The van der Waals surface area contributed by atoms with Crippen LogP contribution in [0.2, 0.25) is 0 Å². The summed E-state index contributed by atoms with van der Waals surface area (Å²) in [4.78, 5) is 27.7. The molecule has 0 radical (unpaired) electrons. The average Bonchev–Trinajstić information content (AvgIpc) is 2.96. The van der Waals surface area contributed by atoms with Crippen LogP contribution in [0.15, 0.2) is 110 Å². The molecular formula is C30H23N5O2. The first-order valence-electron chi connectivity index (χ1n) is 11.9. The Morgan fingerprint density at radius 3 is 2.51 bits per heavy atom. The van der Waals surface area contributed by atoms with Gasteiger partial charge in [-0.25, -0.2) is 9.97 Å². The number of carbonyl (C=O) groups is 1. The average molecular weight is 486 g/mol. The molecule has 37 heavy (non-hydrogen) atoms. The van der Waals surface area contributed by atoms with E-state index < -0.39 is 0 Å². The fourth-order valence-corrected chi connectivity index (χ4v) is 4.32. The van der Waals surface area contributed by atoms with Crippen LogP contribution < -0.4 is 15.0 Å². The van der Waals surface area contributed by atoms with Crippen molar-refractivity contribution in [2.24, 2.45) is 0 Å². The normalized spacial score (nSPS) is 12.5. The minimum absolute atomic E-state index is 0.0149. The van der Waals surface area contributed by atoms with Crippen LogP contribution in [0, 0.1) is 0 Å². The summed E-state index contributed by atoms with van der Waals surface area (Å²) < 4.78 is 5.70. The highest BCUT2D eigenvalue weighted by molar-refractivity contribution is 5.98. The zero-order valence-corrected chi connectivity index (χ0v) is 19.9. The summed E-state index contributed by atoms with van der Waals surface area (Å²) in [7, 11) is 0. The van der Waals surface area contributed by atoms with Gasteiger partial charge in [0.1, 0.15) is 5.75 Å². The van der Waals surface area contributed by atoms with Crippen molar-refractivity contribution in [3.05, 3.63) is 115 Å². The highest BCUT2D eigenvalue weighted by Crippen LogP contribution is 2.36. The largest absolute Gasteiger partial charge is 0.482 e. The number of nitrogens with one attached hydrogen (secondary N) is 1. The predicted octanol–water partition coefficient (Wildman–Crippen LogP) is 5.87. The molecule has 1 N–H and O–H groups in total. The molecule has 0 saturated carbocycles. The Bertz CT molecular complexity index is 1560. The predicted molar refractivity (Wildman–Crippen MR) is 144 cm³/mol. The quantitative estimate of drug-likeness (QED) is 0.324. The minimum Gasteiger partial charge on any atom is -0.482 e. The summed E-state index contributed by atoms with van der Waals surface area (Å²) >= 11 is 0. The first-order chi connectivity index (χ1) is 18.2. The molecule has 3 aromatic carbocycles. The zero-order chi connectivity index (χ0) is 25.0. The second-order valence-electron chi connectivity index (χ2n) is 8.64. The van der Waals surface area contributed by atoms with Crippen LogP contribution >= 0.6 is 0 Å². The van der Waals surface area contributed by atoms with E-state index in [4.69, 9.17) is 9.72 Å². The lowest BCUT2D eigenvalue weighted by atomic mass is 10.1. The third-order valence-corrected chi connectivity index (χ3v) is 6.17. The molecule has 7 nitrogen and oxygen atoms in total. The van der Waals surface area contributed by atoms with Crippen molar-refractivity contribution in [2.45, 2.75) is 6.54 Å². The Hall–Kier alpha value is -5.04. The molecular weight excluding hydrogens is 462 g/mol. The molecule has 5 aromatic rings. The summed E-state index contributed by atoms with van der Waals surface area (Å²) in [6.45, 7) is 0.455. The fourth-order valence-electron chi connectivity index (χ4n) is 4.32. The molecule has 3 heterocycles. The highest BCUT2D eigenvalue weighted by Gasteiger charge is 2.26. The number of benzene rings is 3. The van der Waals surface area contributed by atoms with E-state index >= 15 is 0 Å². The molecule has 0 fully saturated rings. The van der Waals surface area contributed by atoms with E-state index in [2.05, 4.69) is 39.6 Å². The molecule has 0 atom stereocenters. The summed E-state index contributed by atoms with van der Waals surface area (Å²) in [5.41, 5.74) is 6.45. The lowest BCUT2D eigenvalue weighted by Crippen LogP contribution is -2.38. The first-order valence-corrected chi connectivity index (χ1v) is 11.9. The number of hydrogen-bond acceptors (Lipinski definition) is 6. The van der Waals surface area contributed by atoms with Crippen molar-refractivity contribution in [3.8, 4) is 28.1 Å². The molecule has 0 bridgehead atoms. The van der Waals surface area contributed by atoms with Crippen molar-refractivity contribution < 1.29 is 9.53 Å². The standard InChI is InChI=1S/C30H23N5O2/c36-29-20-37-28-10-9-24(18-27(28)35(29)19-21-11-14-31-15-12-21)26-13-16-32-30(34-26)33-25-8-4-7-23(17-25)22-5-2-1-3-6-22/h1-18H,19-20H2,(H,32,33,34). The van der Waals surface area contributed by atoms with Gasteiger partial charge in [0.15, 0.2) is 6.61 Å². The molecule has 0 aliphatic carbocycles. The number of ether oxygens (including phenoxy) is 1. The maximum absolute atomic E-state index is 12.7. The van der Waals surface area contributed by atoms with Gasteiger partial charge in [-0.1, -0.05) is 42.5 Å². The molecule has 6 rings (SSSR count). The molecule has 0 spiro atoms. The third-order valence-electron chi connectivity index (χ3n) is 6.17. The van der Waals surface area contributed by atoms with E-state index in [9.17, 15) is 4.79 Å². The Morgan fingerprint density at radius 1 is 0.811 bits per heavy atom. The van der Waals surface area contributed by atoms with Crippen LogP contribution in [-0.2, 0) is 11.3 Å². The molecule has 7 heteroatoms. The van der Waals surface area contributed by atoms with Gasteiger partial charge in [0.2, 0.25) is 5.95 Å². The minimum atomic E-state index is -0.0928.